The second-order valence-corrected chi connectivity index (χ2v) is 5.38. The molecular weight excluding hydrogens is 361 g/mol. The standard InChI is InChI=1S/C17H10INO/c1-2-3-17(20)15-8-14(9-16(18)10-15)13-6-4-12(11-19)5-7-13/h3-10H,1H2. The van der Waals surface area contributed by atoms with Crippen molar-refractivity contribution in [3.8, 4) is 17.2 Å². The van der Waals surface area contributed by atoms with Crippen molar-refractivity contribution in [1.29, 1.82) is 5.26 Å². The minimum absolute atomic E-state index is 0.117. The van der Waals surface area contributed by atoms with Gasteiger partial charge < -0.3 is 0 Å². The molecule has 0 aliphatic heterocycles. The highest BCUT2D eigenvalue weighted by atomic mass is 127. The molecule has 0 aliphatic carbocycles. The number of nitrogens with zero attached hydrogens (tertiary/aromatic N) is 1. The molecule has 2 aromatic carbocycles. The lowest BCUT2D eigenvalue weighted by molar-refractivity contribution is 0.104. The molecule has 0 N–H and O–H groups in total. The van der Waals surface area contributed by atoms with Gasteiger partial charge in [0.15, 0.2) is 5.78 Å². The molecule has 0 fully saturated rings. The van der Waals surface area contributed by atoms with Crippen LogP contribution in [0.1, 0.15) is 15.9 Å². The fourth-order valence-corrected chi connectivity index (χ4v) is 2.48. The van der Waals surface area contributed by atoms with Crippen LogP contribution in [-0.4, -0.2) is 5.78 Å². The minimum Gasteiger partial charge on any atom is -0.289 e. The SMILES string of the molecule is C=C=CC(=O)c1cc(I)cc(-c2ccc(C#N)cc2)c1. The van der Waals surface area contributed by atoms with Crippen LogP contribution in [-0.2, 0) is 0 Å². The average molecular weight is 371 g/mol. The Morgan fingerprint density at radius 1 is 1.15 bits per heavy atom. The monoisotopic (exact) mass is 371 g/mol. The highest BCUT2D eigenvalue weighted by Crippen LogP contribution is 2.24. The molecule has 2 rings (SSSR count). The summed E-state index contributed by atoms with van der Waals surface area (Å²) in [5.74, 6) is -0.117. The van der Waals surface area contributed by atoms with Crippen LogP contribution in [0.5, 0.6) is 0 Å². The predicted octanol–water partition coefficient (Wildman–Crippen LogP) is 4.35. The molecule has 0 atom stereocenters. The molecule has 0 aromatic heterocycles. The maximum atomic E-state index is 11.9. The van der Waals surface area contributed by atoms with Gasteiger partial charge in [-0.15, -0.1) is 5.73 Å². The Morgan fingerprint density at radius 2 is 1.85 bits per heavy atom. The van der Waals surface area contributed by atoms with Gasteiger partial charge in [-0.1, -0.05) is 18.7 Å². The molecule has 20 heavy (non-hydrogen) atoms. The summed E-state index contributed by atoms with van der Waals surface area (Å²) in [7, 11) is 0. The molecule has 0 heterocycles. The van der Waals surface area contributed by atoms with Crippen LogP contribution >= 0.6 is 22.6 Å². The van der Waals surface area contributed by atoms with Crippen LogP contribution in [0.15, 0.2) is 60.9 Å². The van der Waals surface area contributed by atoms with E-state index in [1.807, 2.05) is 30.3 Å². The molecular formula is C17H10INO. The van der Waals surface area contributed by atoms with Crippen molar-refractivity contribution in [3.63, 3.8) is 0 Å². The largest absolute Gasteiger partial charge is 0.289 e. The van der Waals surface area contributed by atoms with Gasteiger partial charge >= 0.3 is 0 Å². The third kappa shape index (κ3) is 3.24. The van der Waals surface area contributed by atoms with Gasteiger partial charge in [0, 0.05) is 15.2 Å². The second-order valence-electron chi connectivity index (χ2n) is 4.13. The second kappa shape index (κ2) is 6.33. The normalized spacial score (nSPS) is 9.40. The fraction of sp³-hybridized carbons (Fsp3) is 0. The zero-order valence-electron chi connectivity index (χ0n) is 10.6. The number of benzene rings is 2. The van der Waals surface area contributed by atoms with Gasteiger partial charge in [-0.3, -0.25) is 4.79 Å². The molecule has 0 aliphatic rings. The number of nitriles is 1. The number of ketones is 1. The van der Waals surface area contributed by atoms with E-state index in [2.05, 4.69) is 41.0 Å². The van der Waals surface area contributed by atoms with Crippen molar-refractivity contribution in [2.45, 2.75) is 0 Å². The van der Waals surface area contributed by atoms with Gasteiger partial charge in [-0.2, -0.15) is 5.26 Å². The van der Waals surface area contributed by atoms with Gasteiger partial charge in [0.25, 0.3) is 0 Å². The zero-order valence-corrected chi connectivity index (χ0v) is 12.7. The van der Waals surface area contributed by atoms with Crippen molar-refractivity contribution >= 4 is 28.4 Å². The van der Waals surface area contributed by atoms with Crippen molar-refractivity contribution in [1.82, 2.24) is 0 Å². The topological polar surface area (TPSA) is 40.9 Å². The van der Waals surface area contributed by atoms with E-state index in [1.165, 1.54) is 6.08 Å². The number of hydrogen-bond acceptors (Lipinski definition) is 2. The number of allylic oxidation sites excluding steroid dienone is 1. The summed E-state index contributed by atoms with van der Waals surface area (Å²) in [6.45, 7) is 3.41. The Hall–Kier alpha value is -2.15. The third-order valence-corrected chi connectivity index (χ3v) is 3.39. The molecule has 0 radical (unpaired) electrons. The lowest BCUT2D eigenvalue weighted by Gasteiger charge is -2.05. The van der Waals surface area contributed by atoms with Crippen molar-refractivity contribution in [3.05, 3.63) is 75.5 Å². The van der Waals surface area contributed by atoms with Crippen molar-refractivity contribution in [2.75, 3.05) is 0 Å². The van der Waals surface area contributed by atoms with Crippen LogP contribution < -0.4 is 0 Å². The summed E-state index contributed by atoms with van der Waals surface area (Å²) < 4.78 is 0.977. The van der Waals surface area contributed by atoms with Crippen LogP contribution in [0.4, 0.5) is 0 Å². The third-order valence-electron chi connectivity index (χ3n) is 2.76. The van der Waals surface area contributed by atoms with E-state index in [0.717, 1.165) is 14.7 Å². The van der Waals surface area contributed by atoms with Gasteiger partial charge in [-0.25, -0.2) is 0 Å². The summed E-state index contributed by atoms with van der Waals surface area (Å²) >= 11 is 2.18. The molecule has 2 aromatic rings. The van der Waals surface area contributed by atoms with E-state index >= 15 is 0 Å². The summed E-state index contributed by atoms with van der Waals surface area (Å²) in [5.41, 5.74) is 5.63. The van der Waals surface area contributed by atoms with Crippen LogP contribution in [0.25, 0.3) is 11.1 Å². The number of carbonyl (C=O) groups excluding carboxylic acids is 1. The highest BCUT2D eigenvalue weighted by Gasteiger charge is 2.07. The minimum atomic E-state index is -0.117. The Balaban J connectivity index is 2.48. The number of carbonyl (C=O) groups is 1. The van der Waals surface area contributed by atoms with E-state index in [0.29, 0.717) is 11.1 Å². The molecule has 0 saturated heterocycles. The first-order valence-corrected chi connectivity index (χ1v) is 6.93. The van der Waals surface area contributed by atoms with E-state index in [1.54, 1.807) is 12.1 Å². The number of halogens is 1. The van der Waals surface area contributed by atoms with Crippen LogP contribution in [0.3, 0.4) is 0 Å². The molecule has 0 amide bonds. The van der Waals surface area contributed by atoms with E-state index in [-0.39, 0.29) is 5.78 Å². The molecule has 96 valence electrons. The summed E-state index contributed by atoms with van der Waals surface area (Å²) in [4.78, 5) is 11.9. The molecule has 2 nitrogen and oxygen atoms in total. The highest BCUT2D eigenvalue weighted by molar-refractivity contribution is 14.1. The number of rotatable bonds is 3. The first kappa shape index (κ1) is 14.3. The Kier molecular flexibility index (Phi) is 4.52. The van der Waals surface area contributed by atoms with Crippen LogP contribution in [0.2, 0.25) is 0 Å². The Labute approximate surface area is 131 Å². The smallest absolute Gasteiger partial charge is 0.193 e. The molecule has 0 saturated carbocycles. The Morgan fingerprint density at radius 3 is 2.45 bits per heavy atom. The van der Waals surface area contributed by atoms with Crippen molar-refractivity contribution < 1.29 is 4.79 Å². The number of hydrogen-bond donors (Lipinski definition) is 0. The lowest BCUT2D eigenvalue weighted by atomic mass is 10.0. The first-order chi connectivity index (χ1) is 9.63. The summed E-state index contributed by atoms with van der Waals surface area (Å²) in [6.07, 6.45) is 1.33. The van der Waals surface area contributed by atoms with Crippen LogP contribution in [0, 0.1) is 14.9 Å². The summed E-state index contributed by atoms with van der Waals surface area (Å²) in [6, 6.07) is 15.0. The maximum absolute atomic E-state index is 11.9. The van der Waals surface area contributed by atoms with Gasteiger partial charge in [0.05, 0.1) is 11.6 Å². The van der Waals surface area contributed by atoms with E-state index in [4.69, 9.17) is 5.26 Å². The van der Waals surface area contributed by atoms with Gasteiger partial charge in [-0.05, 0) is 64.0 Å². The Bertz CT molecular complexity index is 748. The molecule has 3 heteroatoms. The predicted molar refractivity (Wildman–Crippen MR) is 87.4 cm³/mol. The summed E-state index contributed by atoms with van der Waals surface area (Å²) in [5, 5.41) is 8.81. The van der Waals surface area contributed by atoms with Gasteiger partial charge in [0.2, 0.25) is 0 Å². The molecule has 0 bridgehead atoms. The lowest BCUT2D eigenvalue weighted by Crippen LogP contribution is -1.95. The van der Waals surface area contributed by atoms with E-state index < -0.39 is 0 Å². The molecule has 0 spiro atoms. The molecule has 0 unspecified atom stereocenters. The van der Waals surface area contributed by atoms with Crippen molar-refractivity contribution in [2.24, 2.45) is 0 Å². The quantitative estimate of drug-likeness (QED) is 0.348. The zero-order chi connectivity index (χ0) is 14.5. The first-order valence-electron chi connectivity index (χ1n) is 5.85. The van der Waals surface area contributed by atoms with E-state index in [9.17, 15) is 4.79 Å². The van der Waals surface area contributed by atoms with Gasteiger partial charge in [0.1, 0.15) is 0 Å². The average Bonchev–Trinajstić information content (AvgIpc) is 2.47. The fourth-order valence-electron chi connectivity index (χ4n) is 1.81. The maximum Gasteiger partial charge on any atom is 0.193 e.